The lowest BCUT2D eigenvalue weighted by molar-refractivity contribution is -0.131. The largest absolute Gasteiger partial charge is 0.489 e. The molecule has 2 aromatic carbocycles. The van der Waals surface area contributed by atoms with Crippen LogP contribution in [0.5, 0.6) is 5.75 Å². The number of hydrogen-bond acceptors (Lipinski definition) is 5. The Morgan fingerprint density at radius 3 is 2.44 bits per heavy atom. The van der Waals surface area contributed by atoms with Crippen LogP contribution in [0.25, 0.3) is 5.69 Å². The Labute approximate surface area is 183 Å². The average Bonchev–Trinajstić information content (AvgIpc) is 3.39. The molecular formula is C23H23F2N3O4. The van der Waals surface area contributed by atoms with E-state index < -0.39 is 12.6 Å². The average molecular weight is 443 g/mol. The second-order valence-electron chi connectivity index (χ2n) is 7.68. The Kier molecular flexibility index (Phi) is 6.36. The molecule has 0 amide bonds. The quantitative estimate of drug-likeness (QED) is 0.564. The van der Waals surface area contributed by atoms with Gasteiger partial charge in [0.1, 0.15) is 11.9 Å². The van der Waals surface area contributed by atoms with Crippen molar-refractivity contribution in [2.24, 2.45) is 0 Å². The number of carbonyl (C=O) groups is 1. The summed E-state index contributed by atoms with van der Waals surface area (Å²) in [5.41, 5.74) is 2.85. The smallest absolute Gasteiger partial charge is 0.345 e. The maximum Gasteiger partial charge on any atom is 0.345 e. The molecule has 2 atom stereocenters. The number of aromatic carboxylic acids is 1. The van der Waals surface area contributed by atoms with Gasteiger partial charge in [0.15, 0.2) is 0 Å². The third-order valence-corrected chi connectivity index (χ3v) is 5.35. The number of aromatic nitrogens is 2. The number of alkyl halides is 2. The normalized spacial score (nSPS) is 18.3. The minimum absolute atomic E-state index is 0.157. The molecule has 0 unspecified atom stereocenters. The predicted molar refractivity (Wildman–Crippen MR) is 114 cm³/mol. The molecule has 0 spiro atoms. The van der Waals surface area contributed by atoms with E-state index in [0.29, 0.717) is 18.7 Å². The first-order chi connectivity index (χ1) is 15.4. The molecule has 0 aliphatic carbocycles. The lowest BCUT2D eigenvalue weighted by Crippen LogP contribution is -2.34. The summed E-state index contributed by atoms with van der Waals surface area (Å²) in [4.78, 5) is 13.0. The molecule has 1 saturated heterocycles. The van der Waals surface area contributed by atoms with Crippen molar-refractivity contribution >= 4 is 11.7 Å². The van der Waals surface area contributed by atoms with Crippen LogP contribution in [-0.2, 0) is 4.74 Å². The van der Waals surface area contributed by atoms with Crippen LogP contribution in [0.2, 0.25) is 0 Å². The van der Waals surface area contributed by atoms with Crippen molar-refractivity contribution in [3.05, 3.63) is 72.1 Å². The molecule has 7 nitrogen and oxygen atoms in total. The minimum atomic E-state index is -2.86. The zero-order valence-electron chi connectivity index (χ0n) is 17.4. The maximum atomic E-state index is 12.6. The third kappa shape index (κ3) is 5.05. The summed E-state index contributed by atoms with van der Waals surface area (Å²) in [5.74, 6) is -0.357. The highest BCUT2D eigenvalue weighted by Gasteiger charge is 2.34. The molecule has 0 radical (unpaired) electrons. The van der Waals surface area contributed by atoms with E-state index in [1.54, 1.807) is 23.0 Å². The molecule has 168 valence electrons. The van der Waals surface area contributed by atoms with E-state index in [-0.39, 0.29) is 24.3 Å². The van der Waals surface area contributed by atoms with Crippen LogP contribution in [-0.4, -0.2) is 52.8 Å². The molecule has 3 aromatic rings. The van der Waals surface area contributed by atoms with E-state index in [4.69, 9.17) is 9.84 Å². The number of ether oxygens (including phenoxy) is 2. The molecule has 0 bridgehead atoms. The molecule has 0 saturated carbocycles. The van der Waals surface area contributed by atoms with Crippen LogP contribution in [0.3, 0.4) is 0 Å². The Morgan fingerprint density at radius 1 is 1.16 bits per heavy atom. The molecule has 4 rings (SSSR count). The molecule has 9 heteroatoms. The summed E-state index contributed by atoms with van der Waals surface area (Å²) < 4.78 is 37.7. The Bertz CT molecular complexity index is 1050. The van der Waals surface area contributed by atoms with Crippen molar-refractivity contribution in [2.75, 3.05) is 18.1 Å². The first-order valence-electron chi connectivity index (χ1n) is 10.2. The SMILES string of the molecule is Cc1cnn(-c2ccc(O[C@H]3C[C@@H](COC(F)F)N(c4ccc(C(=O)O)cc4)C3)cc2)c1. The first kappa shape index (κ1) is 21.8. The minimum Gasteiger partial charge on any atom is -0.489 e. The summed E-state index contributed by atoms with van der Waals surface area (Å²) in [5, 5.41) is 13.4. The molecule has 2 heterocycles. The fraction of sp³-hybridized carbons (Fsp3) is 0.304. The van der Waals surface area contributed by atoms with E-state index in [2.05, 4.69) is 9.84 Å². The van der Waals surface area contributed by atoms with Crippen LogP contribution < -0.4 is 9.64 Å². The highest BCUT2D eigenvalue weighted by Crippen LogP contribution is 2.29. The number of carboxylic acids is 1. The van der Waals surface area contributed by atoms with Gasteiger partial charge in [-0.3, -0.25) is 0 Å². The lowest BCUT2D eigenvalue weighted by Gasteiger charge is -2.26. The molecule has 1 aliphatic heterocycles. The third-order valence-electron chi connectivity index (χ3n) is 5.35. The van der Waals surface area contributed by atoms with Crippen molar-refractivity contribution in [2.45, 2.75) is 32.1 Å². The predicted octanol–water partition coefficient (Wildman–Crippen LogP) is 4.14. The van der Waals surface area contributed by atoms with Crippen LogP contribution in [0.15, 0.2) is 60.9 Å². The highest BCUT2D eigenvalue weighted by molar-refractivity contribution is 5.88. The van der Waals surface area contributed by atoms with E-state index in [0.717, 1.165) is 16.9 Å². The van der Waals surface area contributed by atoms with Crippen LogP contribution in [0, 0.1) is 6.92 Å². The van der Waals surface area contributed by atoms with Crippen molar-refractivity contribution in [3.63, 3.8) is 0 Å². The fourth-order valence-corrected chi connectivity index (χ4v) is 3.84. The van der Waals surface area contributed by atoms with E-state index in [1.165, 1.54) is 12.1 Å². The molecule has 1 fully saturated rings. The number of halogens is 2. The van der Waals surface area contributed by atoms with Gasteiger partial charge in [-0.1, -0.05) is 0 Å². The zero-order valence-corrected chi connectivity index (χ0v) is 17.4. The molecule has 1 N–H and O–H groups in total. The van der Waals surface area contributed by atoms with Gasteiger partial charge in [-0.05, 0) is 61.0 Å². The summed E-state index contributed by atoms with van der Waals surface area (Å²) in [7, 11) is 0. The molecule has 32 heavy (non-hydrogen) atoms. The standard InChI is InChI=1S/C23H23F2N3O4/c1-15-11-26-28(12-15)18-6-8-20(9-7-18)32-21-10-19(14-31-23(24)25)27(13-21)17-4-2-16(3-5-17)22(29)30/h2-9,11-12,19,21,23H,10,13-14H2,1H3,(H,29,30)/t19-,21-/m0/s1. The van der Waals surface area contributed by atoms with Gasteiger partial charge in [0, 0.05) is 18.3 Å². The van der Waals surface area contributed by atoms with E-state index in [1.807, 2.05) is 42.3 Å². The topological polar surface area (TPSA) is 76.8 Å². The Balaban J connectivity index is 1.46. The fourth-order valence-electron chi connectivity index (χ4n) is 3.84. The number of rotatable bonds is 8. The number of carboxylic acid groups (broad SMARTS) is 1. The summed E-state index contributed by atoms with van der Waals surface area (Å²) in [6.07, 6.45) is 3.96. The first-order valence-corrected chi connectivity index (χ1v) is 10.2. The van der Waals surface area contributed by atoms with Crippen LogP contribution in [0.1, 0.15) is 22.3 Å². The van der Waals surface area contributed by atoms with Gasteiger partial charge in [0.25, 0.3) is 0 Å². The van der Waals surface area contributed by atoms with Gasteiger partial charge in [0.2, 0.25) is 0 Å². The number of nitrogens with zero attached hydrogens (tertiary/aromatic N) is 3. The zero-order chi connectivity index (χ0) is 22.7. The molecule has 1 aromatic heterocycles. The second kappa shape index (κ2) is 9.35. The maximum absolute atomic E-state index is 12.6. The van der Waals surface area contributed by atoms with Gasteiger partial charge < -0.3 is 19.5 Å². The van der Waals surface area contributed by atoms with Crippen molar-refractivity contribution in [1.82, 2.24) is 9.78 Å². The molecule has 1 aliphatic rings. The highest BCUT2D eigenvalue weighted by atomic mass is 19.3. The van der Waals surface area contributed by atoms with Gasteiger partial charge >= 0.3 is 12.6 Å². The Morgan fingerprint density at radius 2 is 1.84 bits per heavy atom. The number of aryl methyl sites for hydroxylation is 1. The summed E-state index contributed by atoms with van der Waals surface area (Å²) in [6.45, 7) is -0.583. The van der Waals surface area contributed by atoms with Gasteiger partial charge in [-0.25, -0.2) is 9.48 Å². The summed E-state index contributed by atoms with van der Waals surface area (Å²) in [6, 6.07) is 13.5. The number of anilines is 1. The molecular weight excluding hydrogens is 420 g/mol. The van der Waals surface area contributed by atoms with Crippen molar-refractivity contribution in [1.29, 1.82) is 0 Å². The van der Waals surface area contributed by atoms with Gasteiger partial charge in [-0.15, -0.1) is 0 Å². The van der Waals surface area contributed by atoms with Gasteiger partial charge in [0.05, 0.1) is 36.6 Å². The van der Waals surface area contributed by atoms with E-state index in [9.17, 15) is 13.6 Å². The van der Waals surface area contributed by atoms with Crippen molar-refractivity contribution in [3.8, 4) is 11.4 Å². The van der Waals surface area contributed by atoms with Crippen LogP contribution >= 0.6 is 0 Å². The summed E-state index contributed by atoms with van der Waals surface area (Å²) >= 11 is 0. The monoisotopic (exact) mass is 443 g/mol. The van der Waals surface area contributed by atoms with E-state index >= 15 is 0 Å². The Hall–Kier alpha value is -3.46. The van der Waals surface area contributed by atoms with Crippen LogP contribution in [0.4, 0.5) is 14.5 Å². The van der Waals surface area contributed by atoms with Gasteiger partial charge in [-0.2, -0.15) is 13.9 Å². The second-order valence-corrected chi connectivity index (χ2v) is 7.68. The number of benzene rings is 2. The number of hydrogen-bond donors (Lipinski definition) is 1. The lowest BCUT2D eigenvalue weighted by atomic mass is 10.1. The van der Waals surface area contributed by atoms with Crippen molar-refractivity contribution < 1.29 is 28.2 Å².